The normalized spacial score (nSPS) is 22.1. The van der Waals surface area contributed by atoms with Gasteiger partial charge in [0.25, 0.3) is 0 Å². The summed E-state index contributed by atoms with van der Waals surface area (Å²) < 4.78 is 11.5. The van der Waals surface area contributed by atoms with E-state index in [9.17, 15) is 4.79 Å². The third-order valence-corrected chi connectivity index (χ3v) is 6.42. The molecule has 0 aromatic heterocycles. The highest BCUT2D eigenvalue weighted by molar-refractivity contribution is 5.69. The molecule has 1 fully saturated rings. The second-order valence-electron chi connectivity index (χ2n) is 9.80. The number of ether oxygens (including phenoxy) is 2. The van der Waals surface area contributed by atoms with Crippen LogP contribution in [0.1, 0.15) is 62.3 Å². The summed E-state index contributed by atoms with van der Waals surface area (Å²) in [5.41, 5.74) is 6.75. The molecule has 1 atom stereocenters. The van der Waals surface area contributed by atoms with Gasteiger partial charge in [-0.05, 0) is 88.5 Å². The average molecular weight is 401 g/mol. The highest BCUT2D eigenvalue weighted by Gasteiger charge is 2.29. The summed E-state index contributed by atoms with van der Waals surface area (Å²) in [4.78, 5) is 17.0. The van der Waals surface area contributed by atoms with Crippen LogP contribution in [0.15, 0.2) is 6.07 Å². The number of carbonyl (C=O) groups is 1. The first-order valence-electron chi connectivity index (χ1n) is 11.3. The maximum atomic E-state index is 12.6. The molecule has 1 aromatic rings. The standard InChI is InChI=1S/C24H36N2O3/c1-17-21-10-13-25(23(27)29-24(2,3)4)12-9-18(21)15-19-7-5-11-26(22(17)19)16-20-8-6-14-28-20/h15,20H,5-14,16H2,1-4H3/t20-/m1/s1. The molecule has 5 heteroatoms. The molecule has 1 saturated heterocycles. The minimum absolute atomic E-state index is 0.187. The maximum Gasteiger partial charge on any atom is 0.410 e. The van der Waals surface area contributed by atoms with E-state index in [0.29, 0.717) is 6.10 Å². The van der Waals surface area contributed by atoms with Gasteiger partial charge in [-0.15, -0.1) is 0 Å². The molecule has 0 spiro atoms. The van der Waals surface area contributed by atoms with Crippen LogP contribution in [-0.2, 0) is 28.7 Å². The van der Waals surface area contributed by atoms with Gasteiger partial charge < -0.3 is 19.3 Å². The van der Waals surface area contributed by atoms with Crippen molar-refractivity contribution < 1.29 is 14.3 Å². The summed E-state index contributed by atoms with van der Waals surface area (Å²) >= 11 is 0. The van der Waals surface area contributed by atoms with E-state index in [1.54, 1.807) is 0 Å². The number of anilines is 1. The Labute approximate surface area is 175 Å². The Kier molecular flexibility index (Phi) is 5.78. The molecule has 5 nitrogen and oxygen atoms in total. The molecule has 160 valence electrons. The molecule has 3 aliphatic heterocycles. The zero-order valence-corrected chi connectivity index (χ0v) is 18.6. The predicted molar refractivity (Wildman–Crippen MR) is 116 cm³/mol. The lowest BCUT2D eigenvalue weighted by Gasteiger charge is -2.36. The molecule has 0 bridgehead atoms. The van der Waals surface area contributed by atoms with Gasteiger partial charge in [0.05, 0.1) is 6.10 Å². The van der Waals surface area contributed by atoms with Crippen molar-refractivity contribution in [2.45, 2.75) is 77.9 Å². The molecule has 0 aliphatic carbocycles. The molecule has 0 saturated carbocycles. The molecule has 29 heavy (non-hydrogen) atoms. The van der Waals surface area contributed by atoms with Gasteiger partial charge in [-0.25, -0.2) is 4.79 Å². The van der Waals surface area contributed by atoms with Crippen LogP contribution < -0.4 is 4.90 Å². The van der Waals surface area contributed by atoms with Gasteiger partial charge in [-0.2, -0.15) is 0 Å². The number of fused-ring (bicyclic) bond motifs is 2. The van der Waals surface area contributed by atoms with Crippen molar-refractivity contribution in [3.63, 3.8) is 0 Å². The molecule has 3 heterocycles. The van der Waals surface area contributed by atoms with Crippen molar-refractivity contribution in [1.29, 1.82) is 0 Å². The quantitative estimate of drug-likeness (QED) is 0.744. The van der Waals surface area contributed by atoms with Crippen molar-refractivity contribution in [1.82, 2.24) is 4.90 Å². The Balaban J connectivity index is 1.55. The smallest absolute Gasteiger partial charge is 0.410 e. The van der Waals surface area contributed by atoms with E-state index in [-0.39, 0.29) is 6.09 Å². The number of rotatable bonds is 2. The summed E-state index contributed by atoms with van der Waals surface area (Å²) in [5, 5.41) is 0. The van der Waals surface area contributed by atoms with Gasteiger partial charge in [0.1, 0.15) is 5.60 Å². The van der Waals surface area contributed by atoms with Crippen LogP contribution in [0.5, 0.6) is 0 Å². The lowest BCUT2D eigenvalue weighted by molar-refractivity contribution is 0.0258. The van der Waals surface area contributed by atoms with E-state index in [2.05, 4.69) is 17.9 Å². The van der Waals surface area contributed by atoms with Crippen molar-refractivity contribution in [2.75, 3.05) is 37.7 Å². The van der Waals surface area contributed by atoms with E-state index in [4.69, 9.17) is 9.47 Å². The largest absolute Gasteiger partial charge is 0.444 e. The van der Waals surface area contributed by atoms with E-state index >= 15 is 0 Å². The molecule has 4 rings (SSSR count). The first-order chi connectivity index (χ1) is 13.8. The first kappa shape index (κ1) is 20.5. The fourth-order valence-electron chi connectivity index (χ4n) is 5.10. The van der Waals surface area contributed by atoms with E-state index in [1.165, 1.54) is 47.2 Å². The number of hydrogen-bond donors (Lipinski definition) is 0. The van der Waals surface area contributed by atoms with Crippen LogP contribution in [0.2, 0.25) is 0 Å². The van der Waals surface area contributed by atoms with Crippen molar-refractivity contribution in [3.8, 4) is 0 Å². The Hall–Kier alpha value is -1.75. The third-order valence-electron chi connectivity index (χ3n) is 6.42. The van der Waals surface area contributed by atoms with Gasteiger partial charge >= 0.3 is 6.09 Å². The second kappa shape index (κ2) is 8.17. The average Bonchev–Trinajstić information content (AvgIpc) is 3.05. The summed E-state index contributed by atoms with van der Waals surface area (Å²) in [6.45, 7) is 12.6. The van der Waals surface area contributed by atoms with Crippen molar-refractivity contribution in [2.24, 2.45) is 0 Å². The Morgan fingerprint density at radius 1 is 1.14 bits per heavy atom. The third kappa shape index (κ3) is 4.55. The number of amides is 1. The van der Waals surface area contributed by atoms with Crippen LogP contribution in [0.25, 0.3) is 0 Å². The number of hydrogen-bond acceptors (Lipinski definition) is 4. The van der Waals surface area contributed by atoms with Gasteiger partial charge in [0.2, 0.25) is 0 Å². The van der Waals surface area contributed by atoms with Crippen LogP contribution in [0.4, 0.5) is 10.5 Å². The van der Waals surface area contributed by atoms with Gasteiger partial charge in [0.15, 0.2) is 0 Å². The number of aryl methyl sites for hydroxylation is 1. The predicted octanol–water partition coefficient (Wildman–Crippen LogP) is 4.26. The minimum Gasteiger partial charge on any atom is -0.444 e. The van der Waals surface area contributed by atoms with Gasteiger partial charge in [-0.3, -0.25) is 0 Å². The zero-order chi connectivity index (χ0) is 20.6. The highest BCUT2D eigenvalue weighted by atomic mass is 16.6. The van der Waals surface area contributed by atoms with Crippen molar-refractivity contribution >= 4 is 11.8 Å². The first-order valence-corrected chi connectivity index (χ1v) is 11.3. The Morgan fingerprint density at radius 3 is 2.66 bits per heavy atom. The number of carbonyl (C=O) groups excluding carboxylic acids is 1. The lowest BCUT2D eigenvalue weighted by Crippen LogP contribution is -2.38. The van der Waals surface area contributed by atoms with Crippen LogP contribution in [-0.4, -0.2) is 55.5 Å². The SMILES string of the molecule is Cc1c2c(cc3c1N(C[C@H]1CCCO1)CCC3)CCN(C(=O)OC(C)(C)C)CC2. The molecule has 0 unspecified atom stereocenters. The molecule has 3 aliphatic rings. The van der Waals surface area contributed by atoms with Gasteiger partial charge in [0, 0.05) is 38.5 Å². The topological polar surface area (TPSA) is 42.0 Å². The minimum atomic E-state index is -0.450. The maximum absolute atomic E-state index is 12.6. The summed E-state index contributed by atoms with van der Waals surface area (Å²) in [6, 6.07) is 2.43. The monoisotopic (exact) mass is 400 g/mol. The zero-order valence-electron chi connectivity index (χ0n) is 18.6. The highest BCUT2D eigenvalue weighted by Crippen LogP contribution is 2.37. The van der Waals surface area contributed by atoms with Gasteiger partial charge in [-0.1, -0.05) is 6.07 Å². The van der Waals surface area contributed by atoms with E-state index in [0.717, 1.165) is 52.0 Å². The van der Waals surface area contributed by atoms with Crippen molar-refractivity contribution in [3.05, 3.63) is 28.3 Å². The summed E-state index contributed by atoms with van der Waals surface area (Å²) in [5.74, 6) is 0. The van der Waals surface area contributed by atoms with E-state index < -0.39 is 5.60 Å². The second-order valence-corrected chi connectivity index (χ2v) is 9.80. The summed E-state index contributed by atoms with van der Waals surface area (Å²) in [7, 11) is 0. The number of nitrogens with zero attached hydrogens (tertiary/aromatic N) is 2. The Bertz CT molecular complexity index is 762. The number of benzene rings is 1. The fourth-order valence-corrected chi connectivity index (χ4v) is 5.10. The summed E-state index contributed by atoms with van der Waals surface area (Å²) in [6.07, 6.45) is 6.74. The van der Waals surface area contributed by atoms with Crippen LogP contribution in [0, 0.1) is 6.92 Å². The lowest BCUT2D eigenvalue weighted by atomic mass is 9.88. The molecule has 0 N–H and O–H groups in total. The van der Waals surface area contributed by atoms with Crippen LogP contribution in [0.3, 0.4) is 0 Å². The molecular formula is C24H36N2O3. The van der Waals surface area contributed by atoms with E-state index in [1.807, 2.05) is 25.7 Å². The van der Waals surface area contributed by atoms with Crippen LogP contribution >= 0.6 is 0 Å². The molecular weight excluding hydrogens is 364 g/mol. The Morgan fingerprint density at radius 2 is 1.93 bits per heavy atom. The molecule has 1 aromatic carbocycles. The fraction of sp³-hybridized carbons (Fsp3) is 0.708. The molecule has 1 amide bonds. The molecule has 0 radical (unpaired) electrons.